The van der Waals surface area contributed by atoms with Crippen LogP contribution in [-0.4, -0.2) is 43.5 Å². The Balaban J connectivity index is 1.74. The van der Waals surface area contributed by atoms with Crippen LogP contribution in [0.15, 0.2) is 18.2 Å². The molecular formula is C17H25N3O. The summed E-state index contributed by atoms with van der Waals surface area (Å²) in [5.74, 6) is 0.599. The molecule has 2 atom stereocenters. The predicted octanol–water partition coefficient (Wildman–Crippen LogP) is 2.11. The monoisotopic (exact) mass is 287 g/mol. The summed E-state index contributed by atoms with van der Waals surface area (Å²) in [5.41, 5.74) is 3.16. The Hall–Kier alpha value is -1.55. The van der Waals surface area contributed by atoms with Crippen molar-refractivity contribution in [2.45, 2.75) is 32.2 Å². The zero-order valence-electron chi connectivity index (χ0n) is 13.0. The van der Waals surface area contributed by atoms with Crippen molar-refractivity contribution >= 4 is 11.6 Å². The minimum absolute atomic E-state index is 0.0944. The van der Waals surface area contributed by atoms with Crippen LogP contribution in [0.2, 0.25) is 0 Å². The van der Waals surface area contributed by atoms with Gasteiger partial charge in [0.2, 0.25) is 0 Å². The number of fused-ring (bicyclic) bond motifs is 1. The third kappa shape index (κ3) is 3.05. The van der Waals surface area contributed by atoms with Crippen molar-refractivity contribution < 1.29 is 4.79 Å². The second kappa shape index (κ2) is 6.06. The van der Waals surface area contributed by atoms with Gasteiger partial charge >= 0.3 is 0 Å². The van der Waals surface area contributed by atoms with Crippen LogP contribution in [0.3, 0.4) is 0 Å². The molecule has 0 saturated carbocycles. The van der Waals surface area contributed by atoms with Crippen LogP contribution in [0.1, 0.15) is 35.7 Å². The van der Waals surface area contributed by atoms with Gasteiger partial charge in [0, 0.05) is 30.4 Å². The highest BCUT2D eigenvalue weighted by molar-refractivity contribution is 5.97. The van der Waals surface area contributed by atoms with Crippen LogP contribution >= 0.6 is 0 Å². The molecule has 1 amide bonds. The summed E-state index contributed by atoms with van der Waals surface area (Å²) in [5, 5.41) is 6.65. The third-order valence-electron chi connectivity index (χ3n) is 4.76. The number of anilines is 1. The van der Waals surface area contributed by atoms with E-state index in [0.717, 1.165) is 50.1 Å². The molecule has 0 aromatic heterocycles. The number of nitrogens with one attached hydrogen (secondary N) is 2. The summed E-state index contributed by atoms with van der Waals surface area (Å²) in [6, 6.07) is 6.30. The molecule has 1 saturated heterocycles. The van der Waals surface area contributed by atoms with Crippen molar-refractivity contribution in [1.29, 1.82) is 0 Å². The Bertz CT molecular complexity index is 529. The number of benzene rings is 1. The van der Waals surface area contributed by atoms with Gasteiger partial charge in [0.05, 0.1) is 0 Å². The first kappa shape index (κ1) is 14.4. The molecule has 1 aromatic rings. The molecule has 1 fully saturated rings. The van der Waals surface area contributed by atoms with Crippen LogP contribution in [0.4, 0.5) is 5.69 Å². The van der Waals surface area contributed by atoms with E-state index in [9.17, 15) is 4.79 Å². The molecule has 2 aliphatic rings. The maximum absolute atomic E-state index is 12.7. The second-order valence-electron chi connectivity index (χ2n) is 6.47. The highest BCUT2D eigenvalue weighted by Gasteiger charge is 2.27. The van der Waals surface area contributed by atoms with Gasteiger partial charge in [0.1, 0.15) is 0 Å². The summed E-state index contributed by atoms with van der Waals surface area (Å²) in [6.07, 6.45) is 3.13. The van der Waals surface area contributed by atoms with E-state index in [2.05, 4.69) is 35.6 Å². The van der Waals surface area contributed by atoms with E-state index in [4.69, 9.17) is 0 Å². The molecule has 1 aromatic carbocycles. The summed E-state index contributed by atoms with van der Waals surface area (Å²) in [6.45, 7) is 5.34. The minimum Gasteiger partial charge on any atom is -0.385 e. The van der Waals surface area contributed by atoms with Crippen LogP contribution in [0.5, 0.6) is 0 Å². The van der Waals surface area contributed by atoms with E-state index >= 15 is 0 Å². The zero-order chi connectivity index (χ0) is 14.8. The molecule has 0 bridgehead atoms. The zero-order valence-corrected chi connectivity index (χ0v) is 13.0. The number of nitrogens with zero attached hydrogens (tertiary/aromatic N) is 1. The number of rotatable bonds is 2. The van der Waals surface area contributed by atoms with Gasteiger partial charge in [-0.25, -0.2) is 0 Å². The number of hydrogen-bond donors (Lipinski definition) is 2. The van der Waals surface area contributed by atoms with Crippen molar-refractivity contribution in [2.24, 2.45) is 5.92 Å². The van der Waals surface area contributed by atoms with Crippen molar-refractivity contribution in [3.63, 3.8) is 0 Å². The van der Waals surface area contributed by atoms with Crippen molar-refractivity contribution in [2.75, 3.05) is 32.0 Å². The van der Waals surface area contributed by atoms with Gasteiger partial charge in [0.15, 0.2) is 0 Å². The molecule has 0 aliphatic carbocycles. The smallest absolute Gasteiger partial charge is 0.251 e. The van der Waals surface area contributed by atoms with E-state index < -0.39 is 0 Å². The molecule has 2 N–H and O–H groups in total. The Morgan fingerprint density at radius 3 is 3.10 bits per heavy atom. The Morgan fingerprint density at radius 1 is 1.43 bits per heavy atom. The highest BCUT2D eigenvalue weighted by atomic mass is 16.1. The molecule has 3 rings (SSSR count). The molecule has 2 heterocycles. The van der Waals surface area contributed by atoms with Crippen molar-refractivity contribution in [3.05, 3.63) is 29.3 Å². The van der Waals surface area contributed by atoms with Gasteiger partial charge in [-0.05, 0) is 56.5 Å². The Labute approximate surface area is 126 Å². The fourth-order valence-corrected chi connectivity index (χ4v) is 3.54. The lowest BCUT2D eigenvalue weighted by Crippen LogP contribution is -2.49. The quantitative estimate of drug-likeness (QED) is 0.875. The van der Waals surface area contributed by atoms with E-state index in [0.29, 0.717) is 12.0 Å². The molecule has 4 nitrogen and oxygen atoms in total. The van der Waals surface area contributed by atoms with Crippen LogP contribution < -0.4 is 10.6 Å². The standard InChI is InChI=1S/C17H25N3O/c1-12-11-20(2)10-8-15(12)19-17(21)14-5-3-7-16-13(14)6-4-9-18-16/h3,5,7,12,15,18H,4,6,8-11H2,1-2H3,(H,19,21). The third-order valence-corrected chi connectivity index (χ3v) is 4.76. The first-order valence-electron chi connectivity index (χ1n) is 8.00. The van der Waals surface area contributed by atoms with E-state index in [1.54, 1.807) is 0 Å². The van der Waals surface area contributed by atoms with Crippen molar-refractivity contribution in [3.8, 4) is 0 Å². The number of carbonyl (C=O) groups excluding carboxylic acids is 1. The number of amides is 1. The minimum atomic E-state index is 0.0944. The van der Waals surface area contributed by atoms with Crippen LogP contribution in [-0.2, 0) is 6.42 Å². The number of piperidine rings is 1. The molecule has 0 spiro atoms. The number of hydrogen-bond acceptors (Lipinski definition) is 3. The fraction of sp³-hybridized carbons (Fsp3) is 0.588. The average Bonchev–Trinajstić information content (AvgIpc) is 2.49. The largest absolute Gasteiger partial charge is 0.385 e. The second-order valence-corrected chi connectivity index (χ2v) is 6.47. The van der Waals surface area contributed by atoms with Gasteiger partial charge in [0.25, 0.3) is 5.91 Å². The first-order chi connectivity index (χ1) is 10.1. The van der Waals surface area contributed by atoms with Crippen LogP contribution in [0, 0.1) is 5.92 Å². The fourth-order valence-electron chi connectivity index (χ4n) is 3.54. The molecule has 0 radical (unpaired) electrons. The van der Waals surface area contributed by atoms with Gasteiger partial charge in [-0.15, -0.1) is 0 Å². The molecule has 2 unspecified atom stereocenters. The molecule has 21 heavy (non-hydrogen) atoms. The van der Waals surface area contributed by atoms with Gasteiger partial charge in [-0.1, -0.05) is 13.0 Å². The SMILES string of the molecule is CC1CN(C)CCC1NC(=O)c1cccc2c1CCCN2. The lowest BCUT2D eigenvalue weighted by Gasteiger charge is -2.35. The van der Waals surface area contributed by atoms with E-state index in [1.165, 1.54) is 5.56 Å². The summed E-state index contributed by atoms with van der Waals surface area (Å²) in [7, 11) is 2.15. The predicted molar refractivity (Wildman–Crippen MR) is 85.8 cm³/mol. The molecule has 2 aliphatic heterocycles. The lowest BCUT2D eigenvalue weighted by atomic mass is 9.92. The Kier molecular flexibility index (Phi) is 4.15. The summed E-state index contributed by atoms with van der Waals surface area (Å²) in [4.78, 5) is 15.0. The summed E-state index contributed by atoms with van der Waals surface area (Å²) < 4.78 is 0. The van der Waals surface area contributed by atoms with E-state index in [-0.39, 0.29) is 5.91 Å². The normalized spacial score (nSPS) is 25.8. The maximum atomic E-state index is 12.7. The molecule has 114 valence electrons. The highest BCUT2D eigenvalue weighted by Crippen LogP contribution is 2.26. The molecular weight excluding hydrogens is 262 g/mol. The van der Waals surface area contributed by atoms with Gasteiger partial charge in [-0.2, -0.15) is 0 Å². The summed E-state index contributed by atoms with van der Waals surface area (Å²) >= 11 is 0. The average molecular weight is 287 g/mol. The van der Waals surface area contributed by atoms with E-state index in [1.807, 2.05) is 12.1 Å². The lowest BCUT2D eigenvalue weighted by molar-refractivity contribution is 0.0883. The number of likely N-dealkylation sites (tertiary alicyclic amines) is 1. The number of carbonyl (C=O) groups is 1. The molecule has 4 heteroatoms. The Morgan fingerprint density at radius 2 is 2.29 bits per heavy atom. The van der Waals surface area contributed by atoms with Gasteiger partial charge in [-0.3, -0.25) is 4.79 Å². The first-order valence-corrected chi connectivity index (χ1v) is 8.00. The topological polar surface area (TPSA) is 44.4 Å². The van der Waals surface area contributed by atoms with Crippen molar-refractivity contribution in [1.82, 2.24) is 10.2 Å². The van der Waals surface area contributed by atoms with Crippen LogP contribution in [0.25, 0.3) is 0 Å². The maximum Gasteiger partial charge on any atom is 0.251 e. The van der Waals surface area contributed by atoms with Gasteiger partial charge < -0.3 is 15.5 Å².